The molecular formula is C22H16BrCl2FO3. The molecule has 7 heteroatoms. The Hall–Kier alpha value is -2.08. The number of aromatic carboxylic acids is 1. The van der Waals surface area contributed by atoms with Gasteiger partial charge in [-0.3, -0.25) is 0 Å². The number of rotatable bonds is 7. The monoisotopic (exact) mass is 496 g/mol. The second kappa shape index (κ2) is 9.61. The maximum absolute atomic E-state index is 14.0. The molecule has 0 spiro atoms. The minimum absolute atomic E-state index is 0.0208. The summed E-state index contributed by atoms with van der Waals surface area (Å²) in [6.45, 7) is 0.0208. The summed E-state index contributed by atoms with van der Waals surface area (Å²) in [6, 6.07) is 14.6. The van der Waals surface area contributed by atoms with E-state index in [1.54, 1.807) is 30.3 Å². The van der Waals surface area contributed by atoms with E-state index in [-0.39, 0.29) is 18.0 Å². The van der Waals surface area contributed by atoms with Gasteiger partial charge in [0.25, 0.3) is 0 Å². The fraction of sp³-hybridized carbons (Fsp3) is 0.136. The van der Waals surface area contributed by atoms with Crippen LogP contribution in [0.3, 0.4) is 0 Å². The van der Waals surface area contributed by atoms with Crippen LogP contribution in [-0.2, 0) is 19.4 Å². The lowest BCUT2D eigenvalue weighted by Crippen LogP contribution is -2.03. The number of carboxylic acid groups (broad SMARTS) is 1. The van der Waals surface area contributed by atoms with Gasteiger partial charge in [-0.2, -0.15) is 0 Å². The van der Waals surface area contributed by atoms with E-state index >= 15 is 0 Å². The molecule has 0 bridgehead atoms. The standard InChI is InChI=1S/C22H16BrCl2FO3/c23-19-11-18(25)9-15(6-3-13-1-4-14(5-2-13)22(27)28)21(19)29-12-16-10-17(24)7-8-20(16)26/h1-2,4-5,7-11H,3,6,12H2,(H,27,28). The SMILES string of the molecule is O=C(O)c1ccc(CCc2cc(Cl)cc(Br)c2OCc2cc(Cl)ccc2F)cc1. The first-order valence-corrected chi connectivity index (χ1v) is 10.3. The molecule has 0 aliphatic heterocycles. The van der Waals surface area contributed by atoms with Gasteiger partial charge < -0.3 is 9.84 Å². The fourth-order valence-electron chi connectivity index (χ4n) is 2.86. The summed E-state index contributed by atoms with van der Waals surface area (Å²) in [4.78, 5) is 11.0. The number of hydrogen-bond acceptors (Lipinski definition) is 2. The van der Waals surface area contributed by atoms with E-state index in [2.05, 4.69) is 15.9 Å². The summed E-state index contributed by atoms with van der Waals surface area (Å²) in [5.41, 5.74) is 2.44. The molecule has 1 N–H and O–H groups in total. The summed E-state index contributed by atoms with van der Waals surface area (Å²) >= 11 is 15.6. The van der Waals surface area contributed by atoms with Crippen molar-refractivity contribution in [3.8, 4) is 5.75 Å². The molecule has 3 aromatic carbocycles. The van der Waals surface area contributed by atoms with Crippen LogP contribution in [0.25, 0.3) is 0 Å². The zero-order valence-electron chi connectivity index (χ0n) is 15.1. The van der Waals surface area contributed by atoms with E-state index in [9.17, 15) is 9.18 Å². The average Bonchev–Trinajstić information content (AvgIpc) is 2.68. The molecular weight excluding hydrogens is 482 g/mol. The summed E-state index contributed by atoms with van der Waals surface area (Å²) in [6.07, 6.45) is 1.27. The van der Waals surface area contributed by atoms with E-state index in [0.29, 0.717) is 38.7 Å². The first-order valence-electron chi connectivity index (χ1n) is 8.70. The smallest absolute Gasteiger partial charge is 0.335 e. The maximum atomic E-state index is 14.0. The van der Waals surface area contributed by atoms with E-state index in [1.165, 1.54) is 18.2 Å². The Bertz CT molecular complexity index is 1040. The van der Waals surface area contributed by atoms with Crippen molar-refractivity contribution in [3.05, 3.63) is 97.2 Å². The molecule has 3 rings (SSSR count). The van der Waals surface area contributed by atoms with Gasteiger partial charge in [0.05, 0.1) is 10.0 Å². The Morgan fingerprint density at radius 3 is 2.34 bits per heavy atom. The lowest BCUT2D eigenvalue weighted by atomic mass is 10.0. The predicted molar refractivity (Wildman–Crippen MR) is 116 cm³/mol. The number of hydrogen-bond donors (Lipinski definition) is 1. The number of carbonyl (C=O) groups is 1. The lowest BCUT2D eigenvalue weighted by Gasteiger charge is -2.15. The Kier molecular flexibility index (Phi) is 7.17. The summed E-state index contributed by atoms with van der Waals surface area (Å²) in [5, 5.41) is 9.99. The van der Waals surface area contributed by atoms with Crippen LogP contribution in [0.5, 0.6) is 5.75 Å². The van der Waals surface area contributed by atoms with Gasteiger partial charge in [-0.25, -0.2) is 9.18 Å². The van der Waals surface area contributed by atoms with Crippen LogP contribution >= 0.6 is 39.1 Å². The highest BCUT2D eigenvalue weighted by molar-refractivity contribution is 9.10. The number of carboxylic acids is 1. The normalized spacial score (nSPS) is 10.8. The molecule has 0 atom stereocenters. The van der Waals surface area contributed by atoms with Crippen LogP contribution in [0.4, 0.5) is 4.39 Å². The zero-order chi connectivity index (χ0) is 21.0. The van der Waals surface area contributed by atoms with Crippen molar-refractivity contribution >= 4 is 45.1 Å². The molecule has 0 amide bonds. The van der Waals surface area contributed by atoms with E-state index in [4.69, 9.17) is 33.0 Å². The van der Waals surface area contributed by atoms with Crippen molar-refractivity contribution in [3.63, 3.8) is 0 Å². The quantitative estimate of drug-likeness (QED) is 0.383. The minimum atomic E-state index is -0.959. The highest BCUT2D eigenvalue weighted by atomic mass is 79.9. The third-order valence-corrected chi connectivity index (χ3v) is 5.39. The first-order chi connectivity index (χ1) is 13.8. The summed E-state index contributed by atoms with van der Waals surface area (Å²) in [5.74, 6) is -0.769. The molecule has 0 unspecified atom stereocenters. The molecule has 29 heavy (non-hydrogen) atoms. The molecule has 0 saturated carbocycles. The van der Waals surface area contributed by atoms with Gasteiger partial charge in [-0.15, -0.1) is 0 Å². The van der Waals surface area contributed by atoms with Crippen LogP contribution in [0.1, 0.15) is 27.0 Å². The topological polar surface area (TPSA) is 46.5 Å². The first kappa shape index (κ1) is 21.6. The molecule has 0 aromatic heterocycles. The molecule has 0 radical (unpaired) electrons. The van der Waals surface area contributed by atoms with Crippen molar-refractivity contribution in [2.45, 2.75) is 19.4 Å². The van der Waals surface area contributed by atoms with Gasteiger partial charge in [0.2, 0.25) is 0 Å². The molecule has 0 fully saturated rings. The number of aryl methyl sites for hydroxylation is 2. The third kappa shape index (κ3) is 5.72. The lowest BCUT2D eigenvalue weighted by molar-refractivity contribution is 0.0697. The summed E-state index contributed by atoms with van der Waals surface area (Å²) in [7, 11) is 0. The molecule has 0 heterocycles. The van der Waals surface area contributed by atoms with Crippen molar-refractivity contribution in [1.82, 2.24) is 0 Å². The van der Waals surface area contributed by atoms with Crippen LogP contribution in [0.15, 0.2) is 59.1 Å². The third-order valence-electron chi connectivity index (χ3n) is 4.35. The van der Waals surface area contributed by atoms with Crippen molar-refractivity contribution in [2.24, 2.45) is 0 Å². The Morgan fingerprint density at radius 2 is 1.66 bits per heavy atom. The highest BCUT2D eigenvalue weighted by Crippen LogP contribution is 2.34. The van der Waals surface area contributed by atoms with E-state index < -0.39 is 5.97 Å². The van der Waals surface area contributed by atoms with Gasteiger partial charge in [0, 0.05) is 15.6 Å². The molecule has 3 aromatic rings. The molecule has 0 aliphatic rings. The largest absolute Gasteiger partial charge is 0.487 e. The van der Waals surface area contributed by atoms with Crippen molar-refractivity contribution in [2.75, 3.05) is 0 Å². The Balaban J connectivity index is 1.77. The van der Waals surface area contributed by atoms with Gasteiger partial charge >= 0.3 is 5.97 Å². The van der Waals surface area contributed by atoms with Crippen molar-refractivity contribution in [1.29, 1.82) is 0 Å². The van der Waals surface area contributed by atoms with Gasteiger partial charge in [0.1, 0.15) is 18.2 Å². The van der Waals surface area contributed by atoms with Gasteiger partial charge in [-0.05, 0) is 82.4 Å². The fourth-order valence-corrected chi connectivity index (χ4v) is 4.04. The maximum Gasteiger partial charge on any atom is 0.335 e. The summed E-state index contributed by atoms with van der Waals surface area (Å²) < 4.78 is 20.6. The molecule has 0 saturated heterocycles. The molecule has 3 nitrogen and oxygen atoms in total. The minimum Gasteiger partial charge on any atom is -0.487 e. The Morgan fingerprint density at radius 1 is 0.966 bits per heavy atom. The predicted octanol–water partition coefficient (Wildman–Crippen LogP) is 6.96. The van der Waals surface area contributed by atoms with E-state index in [0.717, 1.165) is 11.1 Å². The number of ether oxygens (including phenoxy) is 1. The second-order valence-corrected chi connectivity index (χ2v) is 8.13. The van der Waals surface area contributed by atoms with Crippen LogP contribution < -0.4 is 4.74 Å². The van der Waals surface area contributed by atoms with Crippen LogP contribution in [0, 0.1) is 5.82 Å². The van der Waals surface area contributed by atoms with E-state index in [1.807, 2.05) is 6.07 Å². The zero-order valence-corrected chi connectivity index (χ0v) is 18.2. The van der Waals surface area contributed by atoms with Crippen LogP contribution in [0.2, 0.25) is 10.0 Å². The highest BCUT2D eigenvalue weighted by Gasteiger charge is 2.13. The second-order valence-electron chi connectivity index (χ2n) is 6.40. The average molecular weight is 498 g/mol. The number of benzene rings is 3. The molecule has 0 aliphatic carbocycles. The van der Waals surface area contributed by atoms with Gasteiger partial charge in [0.15, 0.2) is 0 Å². The van der Waals surface area contributed by atoms with Crippen LogP contribution in [-0.4, -0.2) is 11.1 Å². The molecule has 150 valence electrons. The van der Waals surface area contributed by atoms with Gasteiger partial charge in [-0.1, -0.05) is 35.3 Å². The number of halogens is 4. The van der Waals surface area contributed by atoms with Crippen molar-refractivity contribution < 1.29 is 19.0 Å². The Labute approximate surface area is 186 Å².